The second-order valence-corrected chi connectivity index (χ2v) is 14.5. The average Bonchev–Trinajstić information content (AvgIpc) is 3.60. The number of para-hydroxylation sites is 2. The number of H-pyrrole nitrogens is 1. The van der Waals surface area contributed by atoms with Crippen LogP contribution >= 0.6 is 11.6 Å². The van der Waals surface area contributed by atoms with Crippen molar-refractivity contribution in [2.45, 2.75) is 37.7 Å². The summed E-state index contributed by atoms with van der Waals surface area (Å²) in [4.78, 5) is 57.4. The third kappa shape index (κ3) is 12.2. The summed E-state index contributed by atoms with van der Waals surface area (Å²) in [7, 11) is 4.07. The van der Waals surface area contributed by atoms with Crippen molar-refractivity contribution >= 4 is 57.8 Å². The number of halogens is 8. The van der Waals surface area contributed by atoms with Crippen molar-refractivity contribution in [3.63, 3.8) is 0 Å². The molecule has 3 aromatic carbocycles. The molecule has 1 saturated heterocycles. The van der Waals surface area contributed by atoms with Gasteiger partial charge in [-0.2, -0.15) is 26.3 Å². The molecule has 6 rings (SSSR count). The highest BCUT2D eigenvalue weighted by molar-refractivity contribution is 6.30. The van der Waals surface area contributed by atoms with E-state index in [1.54, 1.807) is 17.0 Å². The molecule has 0 radical (unpaired) electrons. The number of piperazine rings is 1. The zero-order valence-corrected chi connectivity index (χ0v) is 32.7. The Kier molecular flexibility index (Phi) is 15.2. The molecule has 1 aromatic heterocycles. The second kappa shape index (κ2) is 19.5. The number of benzene rings is 3. The number of aromatic nitrogens is 1. The van der Waals surface area contributed by atoms with Crippen molar-refractivity contribution in [2.75, 3.05) is 63.2 Å². The Morgan fingerprint density at radius 2 is 1.46 bits per heavy atom. The number of hydrogen-bond acceptors (Lipinski definition) is 6. The van der Waals surface area contributed by atoms with E-state index in [0.29, 0.717) is 43.4 Å². The van der Waals surface area contributed by atoms with Crippen LogP contribution in [0.1, 0.15) is 24.0 Å². The van der Waals surface area contributed by atoms with Crippen molar-refractivity contribution in [3.8, 4) is 0 Å². The highest BCUT2D eigenvalue weighted by Gasteiger charge is 2.40. The molecule has 2 aliphatic rings. The van der Waals surface area contributed by atoms with Crippen LogP contribution in [0.3, 0.4) is 0 Å². The molecule has 20 heteroatoms. The molecule has 2 aliphatic heterocycles. The maximum absolute atomic E-state index is 14.7. The summed E-state index contributed by atoms with van der Waals surface area (Å²) in [5.41, 5.74) is 4.35. The molecule has 3 atom stereocenters. The monoisotopic (exact) mass is 858 g/mol. The number of carbonyl (C=O) groups excluding carboxylic acids is 2. The third-order valence-corrected chi connectivity index (χ3v) is 9.81. The number of carboxylic acids is 2. The molecule has 4 N–H and O–H groups in total. The van der Waals surface area contributed by atoms with Crippen LogP contribution in [0.2, 0.25) is 5.02 Å². The maximum Gasteiger partial charge on any atom is 0.490 e. The zero-order valence-electron chi connectivity index (χ0n) is 31.9. The molecule has 3 amide bonds. The number of hydrogen-bond donors (Lipinski definition) is 4. The summed E-state index contributed by atoms with van der Waals surface area (Å²) in [5.74, 6) is -6.06. The van der Waals surface area contributed by atoms with Crippen molar-refractivity contribution in [3.05, 3.63) is 94.9 Å². The number of aromatic amines is 1. The molecule has 0 saturated carbocycles. The predicted molar refractivity (Wildman–Crippen MR) is 206 cm³/mol. The summed E-state index contributed by atoms with van der Waals surface area (Å²) in [6.45, 7) is 5.18. The number of fused-ring (bicyclic) bond motifs is 2. The molecule has 1 fully saturated rings. The van der Waals surface area contributed by atoms with Crippen LogP contribution in [-0.2, 0) is 20.8 Å². The smallest absolute Gasteiger partial charge is 0.475 e. The van der Waals surface area contributed by atoms with Gasteiger partial charge in [0.15, 0.2) is 0 Å². The van der Waals surface area contributed by atoms with Crippen LogP contribution in [0.5, 0.6) is 0 Å². The van der Waals surface area contributed by atoms with E-state index in [9.17, 15) is 40.3 Å². The van der Waals surface area contributed by atoms with E-state index in [2.05, 4.69) is 15.2 Å². The summed E-state index contributed by atoms with van der Waals surface area (Å²) in [6, 6.07) is 19.2. The van der Waals surface area contributed by atoms with Crippen LogP contribution in [0.4, 0.5) is 46.9 Å². The fourth-order valence-electron chi connectivity index (χ4n) is 6.86. The fraction of sp³-hybridized carbons (Fsp3) is 0.385. The van der Waals surface area contributed by atoms with Gasteiger partial charge in [0, 0.05) is 73.0 Å². The molecule has 59 heavy (non-hydrogen) atoms. The number of amides is 3. The van der Waals surface area contributed by atoms with Gasteiger partial charge in [0.05, 0.1) is 5.69 Å². The van der Waals surface area contributed by atoms with Gasteiger partial charge >= 0.3 is 30.3 Å². The van der Waals surface area contributed by atoms with E-state index in [0.717, 1.165) is 40.7 Å². The number of nitrogens with zero attached hydrogens (tertiary/aromatic N) is 4. The van der Waals surface area contributed by atoms with Crippen LogP contribution in [0.15, 0.2) is 72.9 Å². The molecule has 12 nitrogen and oxygen atoms in total. The molecular weight excluding hydrogens is 817 g/mol. The van der Waals surface area contributed by atoms with Crippen molar-refractivity contribution in [1.82, 2.24) is 20.1 Å². The van der Waals surface area contributed by atoms with Gasteiger partial charge in [-0.3, -0.25) is 4.79 Å². The molecule has 0 aliphatic carbocycles. The minimum atomic E-state index is -5.08. The quantitative estimate of drug-likeness (QED) is 0.145. The van der Waals surface area contributed by atoms with Crippen LogP contribution in [0.25, 0.3) is 10.9 Å². The Morgan fingerprint density at radius 3 is 2.03 bits per heavy atom. The Balaban J connectivity index is 0.000000471. The van der Waals surface area contributed by atoms with Crippen molar-refractivity contribution in [2.24, 2.45) is 5.92 Å². The first kappa shape index (κ1) is 46.1. The molecule has 3 heterocycles. The minimum Gasteiger partial charge on any atom is -0.475 e. The lowest BCUT2D eigenvalue weighted by Crippen LogP contribution is -2.58. The number of urea groups is 1. The van der Waals surface area contributed by atoms with Crippen LogP contribution in [0, 0.1) is 11.7 Å². The van der Waals surface area contributed by atoms with E-state index in [1.807, 2.05) is 85.5 Å². The van der Waals surface area contributed by atoms with Gasteiger partial charge in [-0.05, 0) is 74.0 Å². The van der Waals surface area contributed by atoms with Crippen LogP contribution < -0.4 is 15.1 Å². The number of rotatable bonds is 7. The summed E-state index contributed by atoms with van der Waals surface area (Å²) in [5, 5.41) is 19.1. The molecule has 0 bridgehead atoms. The fourth-order valence-corrected chi connectivity index (χ4v) is 7.06. The standard InChI is InChI=1S/C35H40ClFN6O2.2C2HF3O2/c1-23(28-20-38-30-10-6-4-8-27(28)30)33(39-35(45)42-16-14-41(15-17-42)32-11-7-5-9-29(32)37)34(44)43-22-24(21-40(2)3)18-25-19-26(36)12-13-31(25)43;2*3-2(4,5)1(6)7/h4-13,19-20,23-24,33,38H,14-18,21-22H2,1-3H3,(H,39,45);2*(H,6,7)/t23?,24-,33?;;/m1../s1. The van der Waals surface area contributed by atoms with Crippen molar-refractivity contribution < 1.29 is 60.1 Å². The van der Waals surface area contributed by atoms with Gasteiger partial charge in [0.25, 0.3) is 0 Å². The Morgan fingerprint density at radius 1 is 0.881 bits per heavy atom. The average molecular weight is 859 g/mol. The zero-order chi connectivity index (χ0) is 43.8. The Labute approximate surface area is 339 Å². The lowest BCUT2D eigenvalue weighted by Gasteiger charge is -2.40. The van der Waals surface area contributed by atoms with Gasteiger partial charge in [0.1, 0.15) is 11.9 Å². The van der Waals surface area contributed by atoms with E-state index in [-0.39, 0.29) is 29.6 Å². The lowest BCUT2D eigenvalue weighted by atomic mass is 9.88. The summed E-state index contributed by atoms with van der Waals surface area (Å²) < 4.78 is 77.9. The molecular formula is C39H42ClF7N6O6. The predicted octanol–water partition coefficient (Wildman–Crippen LogP) is 7.00. The van der Waals surface area contributed by atoms with Crippen LogP contribution in [-0.4, -0.2) is 121 Å². The number of nitrogens with one attached hydrogen (secondary N) is 2. The number of carboxylic acid groups (broad SMARTS) is 2. The third-order valence-electron chi connectivity index (χ3n) is 9.57. The first-order chi connectivity index (χ1) is 27.6. The SMILES string of the molecule is CC(c1c[nH]c2ccccc12)C(NC(=O)N1CCN(c2ccccc2F)CC1)C(=O)N1C[C@@H](CN(C)C)Cc2cc(Cl)ccc21.O=C(O)C(F)(F)F.O=C(O)C(F)(F)F. The highest BCUT2D eigenvalue weighted by Crippen LogP contribution is 2.35. The van der Waals surface area contributed by atoms with E-state index >= 15 is 0 Å². The Bertz CT molecular complexity index is 2080. The number of aliphatic carboxylic acids is 2. The van der Waals surface area contributed by atoms with Gasteiger partial charge in [0.2, 0.25) is 5.91 Å². The molecule has 4 aromatic rings. The number of anilines is 2. The molecule has 0 spiro atoms. The molecule has 320 valence electrons. The lowest BCUT2D eigenvalue weighted by molar-refractivity contribution is -0.193. The first-order valence-electron chi connectivity index (χ1n) is 18.0. The normalized spacial score (nSPS) is 16.5. The topological polar surface area (TPSA) is 150 Å². The van der Waals surface area contributed by atoms with Gasteiger partial charge in [-0.1, -0.05) is 48.9 Å². The minimum absolute atomic E-state index is 0.154. The van der Waals surface area contributed by atoms with Gasteiger partial charge < -0.3 is 40.1 Å². The van der Waals surface area contributed by atoms with E-state index < -0.39 is 30.3 Å². The largest absolute Gasteiger partial charge is 0.490 e. The Hall–Kier alpha value is -5.56. The maximum atomic E-state index is 14.7. The van der Waals surface area contributed by atoms with E-state index in [4.69, 9.17) is 31.4 Å². The van der Waals surface area contributed by atoms with Crippen molar-refractivity contribution in [1.29, 1.82) is 0 Å². The second-order valence-electron chi connectivity index (χ2n) is 14.1. The summed E-state index contributed by atoms with van der Waals surface area (Å²) in [6.07, 6.45) is -7.41. The first-order valence-corrected chi connectivity index (χ1v) is 18.4. The van der Waals surface area contributed by atoms with Gasteiger partial charge in [-0.15, -0.1) is 0 Å². The number of carbonyl (C=O) groups is 4. The van der Waals surface area contributed by atoms with Gasteiger partial charge in [-0.25, -0.2) is 18.8 Å². The molecule has 2 unspecified atom stereocenters. The summed E-state index contributed by atoms with van der Waals surface area (Å²) >= 11 is 6.40. The number of alkyl halides is 6. The highest BCUT2D eigenvalue weighted by atomic mass is 35.5. The van der Waals surface area contributed by atoms with E-state index in [1.165, 1.54) is 6.07 Å².